The summed E-state index contributed by atoms with van der Waals surface area (Å²) in [6.07, 6.45) is 2.80. The number of fused-ring (bicyclic) bond motifs is 1. The molecule has 0 N–H and O–H groups in total. The average Bonchev–Trinajstić information content (AvgIpc) is 3.19. The summed E-state index contributed by atoms with van der Waals surface area (Å²) in [6.45, 7) is 4.14. The van der Waals surface area contributed by atoms with E-state index >= 15 is 0 Å². The first-order valence-electron chi connectivity index (χ1n) is 9.53. The van der Waals surface area contributed by atoms with Gasteiger partial charge in [-0.2, -0.15) is 0 Å². The van der Waals surface area contributed by atoms with E-state index < -0.39 is 11.2 Å². The lowest BCUT2D eigenvalue weighted by molar-refractivity contribution is -0.144. The molecule has 144 valence electrons. The van der Waals surface area contributed by atoms with Crippen LogP contribution in [0.1, 0.15) is 31.2 Å². The van der Waals surface area contributed by atoms with Crippen LogP contribution in [0.2, 0.25) is 0 Å². The van der Waals surface area contributed by atoms with E-state index in [2.05, 4.69) is 0 Å². The fraction of sp³-hybridized carbons (Fsp3) is 0.550. The third kappa shape index (κ3) is 3.05. The van der Waals surface area contributed by atoms with Crippen LogP contribution in [0.3, 0.4) is 0 Å². The molecule has 1 aromatic carbocycles. The summed E-state index contributed by atoms with van der Waals surface area (Å²) in [5.74, 6) is -0.288. The Balaban J connectivity index is 1.45. The van der Waals surface area contributed by atoms with E-state index in [4.69, 9.17) is 4.42 Å². The van der Waals surface area contributed by atoms with E-state index in [1.54, 1.807) is 15.9 Å². The molecule has 0 saturated carbocycles. The van der Waals surface area contributed by atoms with Gasteiger partial charge in [-0.3, -0.25) is 14.2 Å². The van der Waals surface area contributed by atoms with Gasteiger partial charge in [-0.15, -0.1) is 0 Å². The number of aromatic nitrogens is 1. The lowest BCUT2D eigenvalue weighted by atomic mass is 9.78. The molecular formula is C20H25N3O4. The molecule has 2 aliphatic rings. The average molecular weight is 371 g/mol. The highest BCUT2D eigenvalue weighted by Crippen LogP contribution is 2.39. The van der Waals surface area contributed by atoms with Crippen molar-refractivity contribution in [2.24, 2.45) is 5.41 Å². The van der Waals surface area contributed by atoms with Crippen LogP contribution in [0.4, 0.5) is 0 Å². The Morgan fingerprint density at radius 1 is 1.22 bits per heavy atom. The van der Waals surface area contributed by atoms with E-state index in [-0.39, 0.29) is 24.8 Å². The molecule has 3 heterocycles. The number of likely N-dealkylation sites (tertiary alicyclic amines) is 2. The van der Waals surface area contributed by atoms with Gasteiger partial charge in [0.2, 0.25) is 11.8 Å². The van der Waals surface area contributed by atoms with Gasteiger partial charge in [-0.05, 0) is 43.9 Å². The number of oxazole rings is 1. The van der Waals surface area contributed by atoms with Crippen LogP contribution in [0.25, 0.3) is 11.1 Å². The number of carbonyl (C=O) groups excluding carboxylic acids is 2. The van der Waals surface area contributed by atoms with Gasteiger partial charge in [-0.25, -0.2) is 4.79 Å². The summed E-state index contributed by atoms with van der Waals surface area (Å²) in [5, 5.41) is 0. The van der Waals surface area contributed by atoms with Gasteiger partial charge in [0.05, 0.1) is 10.9 Å². The van der Waals surface area contributed by atoms with E-state index in [1.807, 2.05) is 26.1 Å². The van der Waals surface area contributed by atoms with Gasteiger partial charge in [0.1, 0.15) is 0 Å². The number of aryl methyl sites for hydroxylation is 2. The Bertz CT molecular complexity index is 960. The Hall–Kier alpha value is -2.57. The molecule has 2 amide bonds. The molecule has 2 aromatic rings. The van der Waals surface area contributed by atoms with Gasteiger partial charge in [0.25, 0.3) is 0 Å². The van der Waals surface area contributed by atoms with Crippen molar-refractivity contribution in [3.05, 3.63) is 34.3 Å². The number of carbonyl (C=O) groups is 2. The largest absolute Gasteiger partial charge is 0.419 e. The zero-order chi connectivity index (χ0) is 19.2. The van der Waals surface area contributed by atoms with E-state index in [1.165, 1.54) is 4.57 Å². The summed E-state index contributed by atoms with van der Waals surface area (Å²) in [6, 6.07) is 5.56. The van der Waals surface area contributed by atoms with E-state index in [0.29, 0.717) is 18.7 Å². The number of piperidine rings is 1. The molecule has 1 atom stereocenters. The topological polar surface area (TPSA) is 75.8 Å². The summed E-state index contributed by atoms with van der Waals surface area (Å²) in [5.41, 5.74) is 1.88. The number of rotatable bonds is 3. The van der Waals surface area contributed by atoms with Crippen molar-refractivity contribution in [1.82, 2.24) is 14.4 Å². The van der Waals surface area contributed by atoms with Crippen LogP contribution < -0.4 is 5.76 Å². The Morgan fingerprint density at radius 3 is 2.85 bits per heavy atom. The molecule has 0 bridgehead atoms. The number of benzene rings is 1. The van der Waals surface area contributed by atoms with Crippen LogP contribution in [0, 0.1) is 12.3 Å². The van der Waals surface area contributed by atoms with Crippen molar-refractivity contribution in [3.8, 4) is 0 Å². The molecule has 2 fully saturated rings. The minimum absolute atomic E-state index is 0.0122. The molecule has 1 unspecified atom stereocenters. The lowest BCUT2D eigenvalue weighted by Crippen LogP contribution is -2.48. The quantitative estimate of drug-likeness (QED) is 0.824. The second-order valence-corrected chi connectivity index (χ2v) is 7.92. The number of nitrogens with zero attached hydrogens (tertiary/aromatic N) is 3. The standard InChI is InChI=1S/C20H25N3O4/c1-14-4-5-16-15(12-14)23(19(26)27-16)10-6-17(24)22-11-8-20(13-22)7-3-9-21(2)18(20)25/h4-5,12H,3,6-11,13H2,1-2H3. The first-order valence-corrected chi connectivity index (χ1v) is 9.53. The molecule has 27 heavy (non-hydrogen) atoms. The summed E-state index contributed by atoms with van der Waals surface area (Å²) in [7, 11) is 1.84. The molecule has 0 aliphatic carbocycles. The molecule has 2 aliphatic heterocycles. The molecule has 1 spiro atoms. The molecule has 4 rings (SSSR count). The number of amides is 2. The van der Waals surface area contributed by atoms with Crippen molar-refractivity contribution < 1.29 is 14.0 Å². The molecular weight excluding hydrogens is 346 g/mol. The van der Waals surface area contributed by atoms with Crippen LogP contribution in [-0.4, -0.2) is 52.9 Å². The molecule has 2 saturated heterocycles. The van der Waals surface area contributed by atoms with Gasteiger partial charge < -0.3 is 14.2 Å². The maximum atomic E-state index is 12.7. The van der Waals surface area contributed by atoms with Crippen molar-refractivity contribution in [2.75, 3.05) is 26.7 Å². The Kier molecular flexibility index (Phi) is 4.32. The Labute approximate surface area is 157 Å². The van der Waals surface area contributed by atoms with Gasteiger partial charge >= 0.3 is 5.76 Å². The second kappa shape index (κ2) is 6.55. The van der Waals surface area contributed by atoms with Crippen LogP contribution in [-0.2, 0) is 16.1 Å². The smallest absolute Gasteiger partial charge is 0.408 e. The van der Waals surface area contributed by atoms with Crippen LogP contribution in [0.15, 0.2) is 27.4 Å². The summed E-state index contributed by atoms with van der Waals surface area (Å²) in [4.78, 5) is 41.0. The first-order chi connectivity index (χ1) is 12.9. The third-order valence-electron chi connectivity index (χ3n) is 6.03. The highest BCUT2D eigenvalue weighted by Gasteiger charge is 2.48. The SMILES string of the molecule is Cc1ccc2oc(=O)n(CCC(=O)N3CCC4(CCCN(C)C4=O)C3)c2c1. The number of hydrogen-bond acceptors (Lipinski definition) is 4. The lowest BCUT2D eigenvalue weighted by Gasteiger charge is -2.37. The predicted octanol–water partition coefficient (Wildman–Crippen LogP) is 1.76. The monoisotopic (exact) mass is 371 g/mol. The summed E-state index contributed by atoms with van der Waals surface area (Å²) < 4.78 is 6.78. The second-order valence-electron chi connectivity index (χ2n) is 7.92. The van der Waals surface area contributed by atoms with Crippen molar-refractivity contribution in [1.29, 1.82) is 0 Å². The molecule has 0 radical (unpaired) electrons. The van der Waals surface area contributed by atoms with Crippen LogP contribution >= 0.6 is 0 Å². The van der Waals surface area contributed by atoms with Crippen molar-refractivity contribution in [3.63, 3.8) is 0 Å². The molecule has 7 heteroatoms. The molecule has 7 nitrogen and oxygen atoms in total. The van der Waals surface area contributed by atoms with Gasteiger partial charge in [0, 0.05) is 39.6 Å². The van der Waals surface area contributed by atoms with Gasteiger partial charge in [-0.1, -0.05) is 6.07 Å². The summed E-state index contributed by atoms with van der Waals surface area (Å²) >= 11 is 0. The minimum Gasteiger partial charge on any atom is -0.408 e. The zero-order valence-corrected chi connectivity index (χ0v) is 15.9. The van der Waals surface area contributed by atoms with E-state index in [9.17, 15) is 14.4 Å². The maximum Gasteiger partial charge on any atom is 0.419 e. The molecule has 1 aromatic heterocycles. The zero-order valence-electron chi connectivity index (χ0n) is 15.9. The normalized spacial score (nSPS) is 23.0. The number of hydrogen-bond donors (Lipinski definition) is 0. The minimum atomic E-state index is -0.439. The van der Waals surface area contributed by atoms with Gasteiger partial charge in [0.15, 0.2) is 5.58 Å². The highest BCUT2D eigenvalue weighted by atomic mass is 16.4. The first kappa shape index (κ1) is 17.8. The third-order valence-corrected chi connectivity index (χ3v) is 6.03. The van der Waals surface area contributed by atoms with Crippen LogP contribution in [0.5, 0.6) is 0 Å². The van der Waals surface area contributed by atoms with Crippen molar-refractivity contribution in [2.45, 2.75) is 39.2 Å². The fourth-order valence-electron chi connectivity index (χ4n) is 4.48. The predicted molar refractivity (Wildman–Crippen MR) is 100 cm³/mol. The highest BCUT2D eigenvalue weighted by molar-refractivity contribution is 5.86. The van der Waals surface area contributed by atoms with Crippen molar-refractivity contribution >= 4 is 22.9 Å². The van der Waals surface area contributed by atoms with E-state index in [0.717, 1.165) is 36.9 Å². The Morgan fingerprint density at radius 2 is 2.04 bits per heavy atom. The maximum absolute atomic E-state index is 12.7. The fourth-order valence-corrected chi connectivity index (χ4v) is 4.48.